The first kappa shape index (κ1) is 17.6. The van der Waals surface area contributed by atoms with Gasteiger partial charge in [-0.05, 0) is 37.8 Å². The number of oxazole rings is 1. The van der Waals surface area contributed by atoms with Gasteiger partial charge >= 0.3 is 6.08 Å². The van der Waals surface area contributed by atoms with Gasteiger partial charge in [-0.3, -0.25) is 0 Å². The van der Waals surface area contributed by atoms with Crippen molar-refractivity contribution in [3.05, 3.63) is 42.2 Å². The number of unbranched alkanes of at least 4 members (excludes halogenated alkanes) is 2. The average Bonchev–Trinajstić information content (AvgIpc) is 3.25. The Morgan fingerprint density at radius 1 is 1.22 bits per heavy atom. The summed E-state index contributed by atoms with van der Waals surface area (Å²) in [6, 6.07) is 8.10. The SMILES string of the molecule is COc1ncc(-c2cccc(NCCCCCc3nc(C4CC4)no3)c2)o1. The molecule has 7 heteroatoms. The molecule has 1 aromatic carbocycles. The van der Waals surface area contributed by atoms with Crippen molar-refractivity contribution in [3.8, 4) is 17.4 Å². The molecular weight excluding hydrogens is 344 g/mol. The lowest BCUT2D eigenvalue weighted by Gasteiger charge is -2.07. The third-order valence-corrected chi connectivity index (χ3v) is 4.63. The maximum Gasteiger partial charge on any atom is 0.393 e. The van der Waals surface area contributed by atoms with E-state index in [9.17, 15) is 0 Å². The predicted molar refractivity (Wildman–Crippen MR) is 101 cm³/mol. The van der Waals surface area contributed by atoms with Gasteiger partial charge in [0, 0.05) is 30.1 Å². The topological polar surface area (TPSA) is 86.2 Å². The van der Waals surface area contributed by atoms with Gasteiger partial charge < -0.3 is 19.0 Å². The molecule has 0 spiro atoms. The fourth-order valence-electron chi connectivity index (χ4n) is 2.96. The first-order chi connectivity index (χ1) is 13.3. The number of nitrogens with zero attached hydrogens (tertiary/aromatic N) is 3. The van der Waals surface area contributed by atoms with Crippen LogP contribution >= 0.6 is 0 Å². The van der Waals surface area contributed by atoms with Crippen molar-refractivity contribution in [3.63, 3.8) is 0 Å². The van der Waals surface area contributed by atoms with E-state index >= 15 is 0 Å². The quantitative estimate of drug-likeness (QED) is 0.530. The van der Waals surface area contributed by atoms with Gasteiger partial charge in [0.1, 0.15) is 0 Å². The van der Waals surface area contributed by atoms with Crippen molar-refractivity contribution >= 4 is 5.69 Å². The molecule has 27 heavy (non-hydrogen) atoms. The second kappa shape index (κ2) is 8.24. The number of rotatable bonds is 10. The monoisotopic (exact) mass is 368 g/mol. The number of aryl methyl sites for hydroxylation is 1. The van der Waals surface area contributed by atoms with Crippen molar-refractivity contribution in [2.24, 2.45) is 0 Å². The third-order valence-electron chi connectivity index (χ3n) is 4.63. The Hall–Kier alpha value is -2.83. The molecule has 0 radical (unpaired) electrons. The van der Waals surface area contributed by atoms with Crippen molar-refractivity contribution in [1.29, 1.82) is 0 Å². The van der Waals surface area contributed by atoms with Crippen LogP contribution in [0.1, 0.15) is 49.7 Å². The van der Waals surface area contributed by atoms with Crippen LogP contribution in [0, 0.1) is 0 Å². The van der Waals surface area contributed by atoms with Gasteiger partial charge in [-0.15, -0.1) is 0 Å². The number of methoxy groups -OCH3 is 1. The van der Waals surface area contributed by atoms with Crippen molar-refractivity contribution < 1.29 is 13.7 Å². The minimum Gasteiger partial charge on any atom is -0.454 e. The molecular formula is C20H24N4O3. The smallest absolute Gasteiger partial charge is 0.393 e. The molecule has 7 nitrogen and oxygen atoms in total. The summed E-state index contributed by atoms with van der Waals surface area (Å²) in [6.45, 7) is 0.917. The van der Waals surface area contributed by atoms with Crippen LogP contribution in [-0.4, -0.2) is 28.8 Å². The molecule has 1 N–H and O–H groups in total. The summed E-state index contributed by atoms with van der Waals surface area (Å²) in [6.07, 6.45) is 8.48. The minimum atomic E-state index is 0.272. The summed E-state index contributed by atoms with van der Waals surface area (Å²) >= 11 is 0. The highest BCUT2D eigenvalue weighted by Gasteiger charge is 2.28. The summed E-state index contributed by atoms with van der Waals surface area (Å²) in [4.78, 5) is 8.52. The second-order valence-electron chi connectivity index (χ2n) is 6.83. The zero-order valence-corrected chi connectivity index (χ0v) is 15.5. The van der Waals surface area contributed by atoms with E-state index in [1.165, 1.54) is 20.0 Å². The molecule has 0 amide bonds. The summed E-state index contributed by atoms with van der Waals surface area (Å²) < 4.78 is 15.8. The molecule has 0 atom stereocenters. The highest BCUT2D eigenvalue weighted by Crippen LogP contribution is 2.38. The molecule has 2 heterocycles. The summed E-state index contributed by atoms with van der Waals surface area (Å²) in [5.74, 6) is 2.93. The molecule has 0 bridgehead atoms. The second-order valence-corrected chi connectivity index (χ2v) is 6.83. The highest BCUT2D eigenvalue weighted by molar-refractivity contribution is 5.63. The van der Waals surface area contributed by atoms with E-state index in [4.69, 9.17) is 13.7 Å². The Bertz CT molecular complexity index is 870. The number of aromatic nitrogens is 3. The van der Waals surface area contributed by atoms with Crippen LogP contribution in [0.15, 0.2) is 39.4 Å². The molecule has 0 saturated heterocycles. The average molecular weight is 368 g/mol. The molecule has 3 aromatic rings. The van der Waals surface area contributed by atoms with Crippen LogP contribution in [-0.2, 0) is 6.42 Å². The summed E-state index contributed by atoms with van der Waals surface area (Å²) in [5.41, 5.74) is 2.03. The highest BCUT2D eigenvalue weighted by atomic mass is 16.6. The largest absolute Gasteiger partial charge is 0.454 e. The van der Waals surface area contributed by atoms with E-state index in [-0.39, 0.29) is 6.08 Å². The molecule has 1 saturated carbocycles. The first-order valence-electron chi connectivity index (χ1n) is 9.48. The van der Waals surface area contributed by atoms with Gasteiger partial charge in [0.15, 0.2) is 11.6 Å². The number of hydrogen-bond acceptors (Lipinski definition) is 7. The normalized spacial score (nSPS) is 13.7. The number of nitrogens with one attached hydrogen (secondary N) is 1. The van der Waals surface area contributed by atoms with Gasteiger partial charge in [0.25, 0.3) is 0 Å². The predicted octanol–water partition coefficient (Wildman–Crippen LogP) is 4.44. The molecule has 142 valence electrons. The van der Waals surface area contributed by atoms with Gasteiger partial charge in [-0.25, -0.2) is 0 Å². The Labute approximate surface area is 158 Å². The fraction of sp³-hybridized carbons (Fsp3) is 0.450. The van der Waals surface area contributed by atoms with Crippen LogP contribution in [0.2, 0.25) is 0 Å². The number of anilines is 1. The van der Waals surface area contributed by atoms with Crippen molar-refractivity contribution in [2.45, 2.75) is 44.4 Å². The summed E-state index contributed by atoms with van der Waals surface area (Å²) in [5, 5.41) is 7.51. The number of hydrogen-bond donors (Lipinski definition) is 1. The standard InChI is InChI=1S/C20H24N4O3/c1-25-20-22-13-17(26-20)15-6-5-7-16(12-15)21-11-4-2-3-8-18-23-19(24-27-18)14-9-10-14/h5-7,12-14,21H,2-4,8-11H2,1H3. The van der Waals surface area contributed by atoms with Crippen molar-refractivity contribution in [2.75, 3.05) is 19.0 Å². The molecule has 0 unspecified atom stereocenters. The molecule has 4 rings (SSSR count). The molecule has 2 aromatic heterocycles. The van der Waals surface area contributed by atoms with Gasteiger partial charge in [0.05, 0.1) is 13.3 Å². The molecule has 0 aliphatic heterocycles. The van der Waals surface area contributed by atoms with Gasteiger partial charge in [0.2, 0.25) is 5.89 Å². The van der Waals surface area contributed by atoms with Crippen LogP contribution in [0.25, 0.3) is 11.3 Å². The van der Waals surface area contributed by atoms with E-state index in [2.05, 4.69) is 32.6 Å². The van der Waals surface area contributed by atoms with Crippen LogP contribution in [0.3, 0.4) is 0 Å². The molecule has 1 aliphatic rings. The number of ether oxygens (including phenoxy) is 1. The minimum absolute atomic E-state index is 0.272. The zero-order chi connectivity index (χ0) is 18.5. The summed E-state index contributed by atoms with van der Waals surface area (Å²) in [7, 11) is 1.54. The maximum absolute atomic E-state index is 5.51. The lowest BCUT2D eigenvalue weighted by Crippen LogP contribution is -2.01. The lowest BCUT2D eigenvalue weighted by atomic mass is 10.1. The maximum atomic E-state index is 5.51. The van der Waals surface area contributed by atoms with E-state index < -0.39 is 0 Å². The zero-order valence-electron chi connectivity index (χ0n) is 15.5. The number of benzene rings is 1. The van der Waals surface area contributed by atoms with E-state index in [1.807, 2.05) is 12.1 Å². The van der Waals surface area contributed by atoms with E-state index in [1.54, 1.807) is 6.20 Å². The Kier molecular flexibility index (Phi) is 5.37. The molecule has 1 aliphatic carbocycles. The van der Waals surface area contributed by atoms with E-state index in [0.29, 0.717) is 11.7 Å². The van der Waals surface area contributed by atoms with E-state index in [0.717, 1.165) is 55.2 Å². The molecule has 1 fully saturated rings. The van der Waals surface area contributed by atoms with Gasteiger partial charge in [-0.1, -0.05) is 23.7 Å². The Morgan fingerprint density at radius 2 is 2.15 bits per heavy atom. The van der Waals surface area contributed by atoms with Crippen LogP contribution in [0.4, 0.5) is 5.69 Å². The van der Waals surface area contributed by atoms with Crippen LogP contribution < -0.4 is 10.1 Å². The Morgan fingerprint density at radius 3 is 2.96 bits per heavy atom. The third kappa shape index (κ3) is 4.67. The first-order valence-corrected chi connectivity index (χ1v) is 9.48. The van der Waals surface area contributed by atoms with Crippen LogP contribution in [0.5, 0.6) is 6.08 Å². The lowest BCUT2D eigenvalue weighted by molar-refractivity contribution is 0.293. The van der Waals surface area contributed by atoms with Crippen molar-refractivity contribution in [1.82, 2.24) is 15.1 Å². The van der Waals surface area contributed by atoms with Gasteiger partial charge in [-0.2, -0.15) is 9.97 Å². The fourth-order valence-corrected chi connectivity index (χ4v) is 2.96. The Balaban J connectivity index is 1.18.